The molecular formula is C24H19ClN4O. The first-order valence-electron chi connectivity index (χ1n) is 9.41. The highest BCUT2D eigenvalue weighted by Gasteiger charge is 2.08. The monoisotopic (exact) mass is 414 g/mol. The lowest BCUT2D eigenvalue weighted by Crippen LogP contribution is -2.11. The third kappa shape index (κ3) is 4.64. The Morgan fingerprint density at radius 3 is 2.37 bits per heavy atom. The van der Waals surface area contributed by atoms with Gasteiger partial charge in [0, 0.05) is 33.7 Å². The third-order valence-corrected chi connectivity index (χ3v) is 4.94. The van der Waals surface area contributed by atoms with Crippen LogP contribution in [0.5, 0.6) is 0 Å². The molecule has 6 heteroatoms. The number of aromatic nitrogens is 2. The molecule has 4 aromatic rings. The van der Waals surface area contributed by atoms with Gasteiger partial charge >= 0.3 is 0 Å². The number of hydrogen-bond donors (Lipinski definition) is 2. The van der Waals surface area contributed by atoms with Gasteiger partial charge in [0.15, 0.2) is 5.82 Å². The summed E-state index contributed by atoms with van der Waals surface area (Å²) >= 11 is 6.12. The van der Waals surface area contributed by atoms with Gasteiger partial charge in [-0.15, -0.1) is 0 Å². The van der Waals surface area contributed by atoms with Crippen LogP contribution in [-0.2, 0) is 0 Å². The largest absolute Gasteiger partial charge is 0.340 e. The van der Waals surface area contributed by atoms with Crippen molar-refractivity contribution in [1.82, 2.24) is 9.97 Å². The summed E-state index contributed by atoms with van der Waals surface area (Å²) in [7, 11) is 0. The number of amides is 1. The molecule has 1 heterocycles. The second kappa shape index (κ2) is 8.76. The molecule has 1 aromatic heterocycles. The summed E-state index contributed by atoms with van der Waals surface area (Å²) in [5.74, 6) is 1.12. The van der Waals surface area contributed by atoms with Crippen molar-refractivity contribution >= 4 is 34.7 Å². The number of carbonyl (C=O) groups is 1. The Labute approximate surface area is 179 Å². The normalized spacial score (nSPS) is 10.5. The minimum absolute atomic E-state index is 0.199. The van der Waals surface area contributed by atoms with Crippen LogP contribution in [0.3, 0.4) is 0 Å². The molecule has 5 nitrogen and oxygen atoms in total. The molecule has 1 amide bonds. The van der Waals surface area contributed by atoms with E-state index in [1.54, 1.807) is 30.5 Å². The fourth-order valence-electron chi connectivity index (χ4n) is 2.88. The predicted octanol–water partition coefficient (Wildman–Crippen LogP) is 6.10. The van der Waals surface area contributed by atoms with E-state index < -0.39 is 0 Å². The molecule has 0 aliphatic rings. The van der Waals surface area contributed by atoms with Crippen molar-refractivity contribution in [2.75, 3.05) is 10.6 Å². The van der Waals surface area contributed by atoms with Crippen molar-refractivity contribution in [2.45, 2.75) is 6.92 Å². The van der Waals surface area contributed by atoms with Crippen LogP contribution in [0, 0.1) is 6.92 Å². The van der Waals surface area contributed by atoms with E-state index in [0.29, 0.717) is 27.9 Å². The molecule has 0 atom stereocenters. The summed E-state index contributed by atoms with van der Waals surface area (Å²) < 4.78 is 0. The Morgan fingerprint density at radius 1 is 0.900 bits per heavy atom. The highest BCUT2D eigenvalue weighted by molar-refractivity contribution is 6.31. The number of nitrogens with zero attached hydrogens (tertiary/aromatic N) is 2. The molecule has 4 rings (SSSR count). The molecule has 0 aliphatic heterocycles. The Balaban J connectivity index is 1.45. The molecule has 0 unspecified atom stereocenters. The van der Waals surface area contributed by atoms with Gasteiger partial charge in [-0.1, -0.05) is 48.0 Å². The van der Waals surface area contributed by atoms with Crippen molar-refractivity contribution in [3.8, 4) is 11.4 Å². The van der Waals surface area contributed by atoms with E-state index in [4.69, 9.17) is 11.6 Å². The van der Waals surface area contributed by atoms with Crippen LogP contribution in [0.25, 0.3) is 11.4 Å². The number of anilines is 3. The first-order valence-corrected chi connectivity index (χ1v) is 9.79. The maximum absolute atomic E-state index is 12.5. The molecular weight excluding hydrogens is 396 g/mol. The van der Waals surface area contributed by atoms with Gasteiger partial charge in [0.25, 0.3) is 5.91 Å². The highest BCUT2D eigenvalue weighted by atomic mass is 35.5. The summed E-state index contributed by atoms with van der Waals surface area (Å²) in [5, 5.41) is 6.72. The summed E-state index contributed by atoms with van der Waals surface area (Å²) in [5.41, 5.74) is 3.94. The van der Waals surface area contributed by atoms with E-state index >= 15 is 0 Å². The van der Waals surface area contributed by atoms with Gasteiger partial charge in [-0.3, -0.25) is 4.79 Å². The topological polar surface area (TPSA) is 66.9 Å². The van der Waals surface area contributed by atoms with E-state index in [2.05, 4.69) is 20.6 Å². The fraction of sp³-hybridized carbons (Fsp3) is 0.0417. The van der Waals surface area contributed by atoms with Crippen LogP contribution >= 0.6 is 11.6 Å². The second-order valence-corrected chi connectivity index (χ2v) is 7.16. The average molecular weight is 415 g/mol. The van der Waals surface area contributed by atoms with Crippen LogP contribution in [0.2, 0.25) is 5.02 Å². The van der Waals surface area contributed by atoms with Gasteiger partial charge in [0.1, 0.15) is 5.82 Å². The van der Waals surface area contributed by atoms with Gasteiger partial charge in [0.05, 0.1) is 0 Å². The summed E-state index contributed by atoms with van der Waals surface area (Å²) in [6, 6.07) is 24.2. The summed E-state index contributed by atoms with van der Waals surface area (Å²) in [6.07, 6.45) is 1.71. The lowest BCUT2D eigenvalue weighted by atomic mass is 10.1. The number of hydrogen-bond acceptors (Lipinski definition) is 4. The lowest BCUT2D eigenvalue weighted by molar-refractivity contribution is 0.102. The highest BCUT2D eigenvalue weighted by Crippen LogP contribution is 2.22. The van der Waals surface area contributed by atoms with E-state index in [-0.39, 0.29) is 5.91 Å². The number of rotatable bonds is 5. The number of halogens is 1. The van der Waals surface area contributed by atoms with E-state index in [0.717, 1.165) is 16.8 Å². The fourth-order valence-corrected chi connectivity index (χ4v) is 3.06. The summed E-state index contributed by atoms with van der Waals surface area (Å²) in [4.78, 5) is 21.4. The van der Waals surface area contributed by atoms with Crippen molar-refractivity contribution in [3.05, 3.63) is 101 Å². The molecule has 0 fully saturated rings. The molecule has 0 saturated heterocycles. The van der Waals surface area contributed by atoms with Gasteiger partial charge in [-0.2, -0.15) is 0 Å². The molecule has 3 aromatic carbocycles. The minimum atomic E-state index is -0.199. The molecule has 30 heavy (non-hydrogen) atoms. The van der Waals surface area contributed by atoms with Gasteiger partial charge in [0.2, 0.25) is 0 Å². The second-order valence-electron chi connectivity index (χ2n) is 6.75. The number of benzene rings is 3. The zero-order chi connectivity index (χ0) is 20.9. The van der Waals surface area contributed by atoms with E-state index in [9.17, 15) is 4.79 Å². The first kappa shape index (κ1) is 19.6. The number of carbonyl (C=O) groups excluding carboxylic acids is 1. The number of aryl methyl sites for hydroxylation is 1. The van der Waals surface area contributed by atoms with Gasteiger partial charge < -0.3 is 10.6 Å². The summed E-state index contributed by atoms with van der Waals surface area (Å²) in [6.45, 7) is 1.92. The van der Waals surface area contributed by atoms with E-state index in [1.807, 2.05) is 61.5 Å². The van der Waals surface area contributed by atoms with Gasteiger partial charge in [-0.05, 0) is 55.0 Å². The van der Waals surface area contributed by atoms with Crippen molar-refractivity contribution in [2.24, 2.45) is 0 Å². The first-order chi connectivity index (χ1) is 14.6. The third-order valence-electron chi connectivity index (χ3n) is 4.54. The quantitative estimate of drug-likeness (QED) is 0.414. The zero-order valence-corrected chi connectivity index (χ0v) is 17.0. The van der Waals surface area contributed by atoms with Crippen LogP contribution < -0.4 is 10.6 Å². The molecule has 0 bridgehead atoms. The smallest absolute Gasteiger partial charge is 0.255 e. The van der Waals surface area contributed by atoms with Crippen LogP contribution in [0.1, 0.15) is 15.9 Å². The molecule has 0 aliphatic carbocycles. The Bertz CT molecular complexity index is 1180. The van der Waals surface area contributed by atoms with Crippen LogP contribution in [0.4, 0.5) is 17.2 Å². The standard InChI is InChI=1S/C24H19ClN4O/c1-16-7-10-20(15-21(16)25)28-24(30)18-8-11-19(12-9-18)27-22-13-14-26-23(29-22)17-5-3-2-4-6-17/h2-15H,1H3,(H,28,30)(H,26,27,29). The average Bonchev–Trinajstić information content (AvgIpc) is 2.77. The molecule has 0 radical (unpaired) electrons. The Hall–Kier alpha value is -3.70. The van der Waals surface area contributed by atoms with Crippen LogP contribution in [0.15, 0.2) is 85.1 Å². The maximum atomic E-state index is 12.5. The minimum Gasteiger partial charge on any atom is -0.340 e. The molecule has 2 N–H and O–H groups in total. The number of nitrogens with one attached hydrogen (secondary N) is 2. The Morgan fingerprint density at radius 2 is 1.63 bits per heavy atom. The Kier molecular flexibility index (Phi) is 5.72. The zero-order valence-electron chi connectivity index (χ0n) is 16.3. The maximum Gasteiger partial charge on any atom is 0.255 e. The van der Waals surface area contributed by atoms with Crippen molar-refractivity contribution in [1.29, 1.82) is 0 Å². The van der Waals surface area contributed by atoms with Crippen molar-refractivity contribution in [3.63, 3.8) is 0 Å². The molecule has 0 saturated carbocycles. The molecule has 148 valence electrons. The molecule has 0 spiro atoms. The van der Waals surface area contributed by atoms with Crippen LogP contribution in [-0.4, -0.2) is 15.9 Å². The van der Waals surface area contributed by atoms with Crippen molar-refractivity contribution < 1.29 is 4.79 Å². The van der Waals surface area contributed by atoms with Gasteiger partial charge in [-0.25, -0.2) is 9.97 Å². The SMILES string of the molecule is Cc1ccc(NC(=O)c2ccc(Nc3ccnc(-c4ccccc4)n3)cc2)cc1Cl. The lowest BCUT2D eigenvalue weighted by Gasteiger charge is -2.09. The van der Waals surface area contributed by atoms with E-state index in [1.165, 1.54) is 0 Å². The predicted molar refractivity (Wildman–Crippen MR) is 121 cm³/mol.